The van der Waals surface area contributed by atoms with Crippen molar-refractivity contribution >= 4 is 23.2 Å². The largest absolute Gasteiger partial charge is 0.312 e. The standard InChI is InChI=1S/C17H26ClNO/c1-6-7-11-19(15-10-8-9-14(18)12-15)16(20)13(2)17(3,4)5/h8-10,12-13H,6-7,11H2,1-5H3. The predicted molar refractivity (Wildman–Crippen MR) is 87.3 cm³/mol. The molecule has 0 aliphatic heterocycles. The Balaban J connectivity index is 3.03. The third-order valence-corrected chi connectivity index (χ3v) is 4.03. The number of carbonyl (C=O) groups excluding carboxylic acids is 1. The predicted octanol–water partition coefficient (Wildman–Crippen LogP) is 5.16. The Hall–Kier alpha value is -1.02. The van der Waals surface area contributed by atoms with Crippen LogP contribution in [-0.2, 0) is 4.79 Å². The first-order chi connectivity index (χ1) is 9.27. The van der Waals surface area contributed by atoms with Gasteiger partial charge in [0, 0.05) is 23.2 Å². The van der Waals surface area contributed by atoms with Crippen molar-refractivity contribution in [1.29, 1.82) is 0 Å². The summed E-state index contributed by atoms with van der Waals surface area (Å²) in [4.78, 5) is 14.7. The van der Waals surface area contributed by atoms with E-state index in [1.807, 2.05) is 36.1 Å². The van der Waals surface area contributed by atoms with Gasteiger partial charge in [-0.2, -0.15) is 0 Å². The molecule has 0 aliphatic rings. The molecule has 0 fully saturated rings. The highest BCUT2D eigenvalue weighted by Crippen LogP contribution is 2.30. The van der Waals surface area contributed by atoms with Crippen molar-refractivity contribution < 1.29 is 4.79 Å². The number of hydrogen-bond acceptors (Lipinski definition) is 1. The first-order valence-corrected chi connectivity index (χ1v) is 7.72. The number of hydrogen-bond donors (Lipinski definition) is 0. The molecule has 1 rings (SSSR count). The van der Waals surface area contributed by atoms with Crippen molar-refractivity contribution in [3.63, 3.8) is 0 Å². The lowest BCUT2D eigenvalue weighted by Gasteiger charge is -2.32. The second-order valence-electron chi connectivity index (χ2n) is 6.41. The van der Waals surface area contributed by atoms with Crippen molar-refractivity contribution in [3.05, 3.63) is 29.3 Å². The monoisotopic (exact) mass is 295 g/mol. The van der Waals surface area contributed by atoms with Gasteiger partial charge in [0.15, 0.2) is 0 Å². The minimum Gasteiger partial charge on any atom is -0.312 e. The van der Waals surface area contributed by atoms with E-state index in [0.717, 1.165) is 25.1 Å². The molecule has 0 radical (unpaired) electrons. The maximum atomic E-state index is 12.8. The van der Waals surface area contributed by atoms with E-state index >= 15 is 0 Å². The van der Waals surface area contributed by atoms with E-state index < -0.39 is 0 Å². The molecule has 3 heteroatoms. The summed E-state index contributed by atoms with van der Waals surface area (Å²) in [6, 6.07) is 7.55. The molecule has 0 spiro atoms. The fraction of sp³-hybridized carbons (Fsp3) is 0.588. The minimum absolute atomic E-state index is 0.0293. The van der Waals surface area contributed by atoms with Crippen LogP contribution >= 0.6 is 11.6 Å². The zero-order valence-corrected chi connectivity index (χ0v) is 14.0. The summed E-state index contributed by atoms with van der Waals surface area (Å²) in [6.45, 7) is 11.2. The molecule has 0 aliphatic carbocycles. The van der Waals surface area contributed by atoms with Gasteiger partial charge in [0.25, 0.3) is 0 Å². The van der Waals surface area contributed by atoms with Gasteiger partial charge in [-0.15, -0.1) is 0 Å². The molecule has 0 aromatic heterocycles. The first-order valence-electron chi connectivity index (χ1n) is 7.34. The van der Waals surface area contributed by atoms with Crippen LogP contribution in [0.5, 0.6) is 0 Å². The van der Waals surface area contributed by atoms with Gasteiger partial charge in [0.05, 0.1) is 0 Å². The van der Waals surface area contributed by atoms with Gasteiger partial charge in [-0.3, -0.25) is 4.79 Å². The van der Waals surface area contributed by atoms with E-state index in [9.17, 15) is 4.79 Å². The molecule has 1 amide bonds. The number of rotatable bonds is 5. The van der Waals surface area contributed by atoms with Crippen LogP contribution in [0.3, 0.4) is 0 Å². The smallest absolute Gasteiger partial charge is 0.230 e. The Labute approximate surface area is 128 Å². The highest BCUT2D eigenvalue weighted by Gasteiger charge is 2.30. The molecule has 0 saturated heterocycles. The summed E-state index contributed by atoms with van der Waals surface area (Å²) >= 11 is 6.06. The molecule has 0 heterocycles. The maximum absolute atomic E-state index is 12.8. The topological polar surface area (TPSA) is 20.3 Å². The van der Waals surface area contributed by atoms with E-state index in [0.29, 0.717) is 5.02 Å². The average molecular weight is 296 g/mol. The first kappa shape index (κ1) is 17.0. The average Bonchev–Trinajstić information content (AvgIpc) is 2.37. The number of carbonyl (C=O) groups is 1. The molecule has 1 unspecified atom stereocenters. The fourth-order valence-corrected chi connectivity index (χ4v) is 2.12. The summed E-state index contributed by atoms with van der Waals surface area (Å²) in [5.74, 6) is 0.145. The second-order valence-corrected chi connectivity index (χ2v) is 6.85. The van der Waals surface area contributed by atoms with Crippen LogP contribution in [0.1, 0.15) is 47.5 Å². The lowest BCUT2D eigenvalue weighted by molar-refractivity contribution is -0.124. The van der Waals surface area contributed by atoms with Crippen molar-refractivity contribution in [2.24, 2.45) is 11.3 Å². The highest BCUT2D eigenvalue weighted by atomic mass is 35.5. The van der Waals surface area contributed by atoms with Crippen molar-refractivity contribution in [3.8, 4) is 0 Å². The molecule has 2 nitrogen and oxygen atoms in total. The van der Waals surface area contributed by atoms with E-state index in [1.165, 1.54) is 0 Å². The summed E-state index contributed by atoms with van der Waals surface area (Å²) in [5, 5.41) is 0.667. The van der Waals surface area contributed by atoms with Crippen molar-refractivity contribution in [2.75, 3.05) is 11.4 Å². The van der Waals surface area contributed by atoms with Gasteiger partial charge in [0.1, 0.15) is 0 Å². The molecule has 1 aromatic rings. The van der Waals surface area contributed by atoms with E-state index in [-0.39, 0.29) is 17.2 Å². The number of anilines is 1. The van der Waals surface area contributed by atoms with Crippen LogP contribution in [0.2, 0.25) is 5.02 Å². The summed E-state index contributed by atoms with van der Waals surface area (Å²) < 4.78 is 0. The molecule has 1 atom stereocenters. The Bertz CT molecular complexity index is 451. The number of benzene rings is 1. The number of nitrogens with zero attached hydrogens (tertiary/aromatic N) is 1. The highest BCUT2D eigenvalue weighted by molar-refractivity contribution is 6.30. The third-order valence-electron chi connectivity index (χ3n) is 3.79. The Morgan fingerprint density at radius 2 is 2.00 bits per heavy atom. The Morgan fingerprint density at radius 1 is 1.35 bits per heavy atom. The molecule has 112 valence electrons. The molecule has 0 bridgehead atoms. The van der Waals surface area contributed by atoms with Crippen LogP contribution in [0.4, 0.5) is 5.69 Å². The fourth-order valence-electron chi connectivity index (χ4n) is 1.93. The number of halogens is 1. The van der Waals surface area contributed by atoms with Crippen molar-refractivity contribution in [1.82, 2.24) is 0 Å². The van der Waals surface area contributed by atoms with Crippen LogP contribution in [0, 0.1) is 11.3 Å². The van der Waals surface area contributed by atoms with Crippen LogP contribution in [0.25, 0.3) is 0 Å². The van der Waals surface area contributed by atoms with Gasteiger partial charge < -0.3 is 4.90 Å². The minimum atomic E-state index is -0.0415. The van der Waals surface area contributed by atoms with E-state index in [1.54, 1.807) is 0 Å². The molecular formula is C17H26ClNO. The van der Waals surface area contributed by atoms with Gasteiger partial charge >= 0.3 is 0 Å². The SMILES string of the molecule is CCCCN(C(=O)C(C)C(C)(C)C)c1cccc(Cl)c1. The second kappa shape index (κ2) is 7.12. The quantitative estimate of drug-likeness (QED) is 0.735. The molecule has 0 N–H and O–H groups in total. The van der Waals surface area contributed by atoms with Gasteiger partial charge in [-0.1, -0.05) is 58.7 Å². The number of amides is 1. The lowest BCUT2D eigenvalue weighted by Crippen LogP contribution is -2.40. The number of unbranched alkanes of at least 4 members (excludes halogenated alkanes) is 1. The molecule has 1 aromatic carbocycles. The lowest BCUT2D eigenvalue weighted by atomic mass is 9.81. The van der Waals surface area contributed by atoms with Gasteiger partial charge in [0.2, 0.25) is 5.91 Å². The molecular weight excluding hydrogens is 270 g/mol. The zero-order valence-electron chi connectivity index (χ0n) is 13.2. The summed E-state index contributed by atoms with van der Waals surface area (Å²) in [7, 11) is 0. The van der Waals surface area contributed by atoms with Crippen LogP contribution in [-0.4, -0.2) is 12.5 Å². The van der Waals surface area contributed by atoms with E-state index in [4.69, 9.17) is 11.6 Å². The van der Waals surface area contributed by atoms with Crippen molar-refractivity contribution in [2.45, 2.75) is 47.5 Å². The zero-order chi connectivity index (χ0) is 15.3. The summed E-state index contributed by atoms with van der Waals surface area (Å²) in [5.41, 5.74) is 0.854. The molecule has 20 heavy (non-hydrogen) atoms. The van der Waals surface area contributed by atoms with Crippen LogP contribution in [0.15, 0.2) is 24.3 Å². The maximum Gasteiger partial charge on any atom is 0.230 e. The van der Waals surface area contributed by atoms with Gasteiger partial charge in [-0.25, -0.2) is 0 Å². The summed E-state index contributed by atoms with van der Waals surface area (Å²) in [6.07, 6.45) is 2.06. The third kappa shape index (κ3) is 4.52. The Morgan fingerprint density at radius 3 is 2.50 bits per heavy atom. The van der Waals surface area contributed by atoms with E-state index in [2.05, 4.69) is 27.7 Å². The van der Waals surface area contributed by atoms with Gasteiger partial charge in [-0.05, 0) is 30.0 Å². The normalized spacial score (nSPS) is 13.1. The Kier molecular flexibility index (Phi) is 6.07. The van der Waals surface area contributed by atoms with Crippen LogP contribution < -0.4 is 4.90 Å². The molecule has 0 saturated carbocycles.